The van der Waals surface area contributed by atoms with Gasteiger partial charge in [0.05, 0.1) is 0 Å². The lowest BCUT2D eigenvalue weighted by Crippen LogP contribution is -2.29. The Morgan fingerprint density at radius 3 is 2.40 bits per heavy atom. The quantitative estimate of drug-likeness (QED) is 0.609. The number of aromatic nitrogens is 1. The van der Waals surface area contributed by atoms with Crippen molar-refractivity contribution < 1.29 is 25.8 Å². The number of pyridine rings is 1. The zero-order chi connectivity index (χ0) is 11.7. The lowest BCUT2D eigenvalue weighted by molar-refractivity contribution is -0.0500. The van der Waals surface area contributed by atoms with Gasteiger partial charge in [0.25, 0.3) is 5.56 Å². The van der Waals surface area contributed by atoms with Crippen LogP contribution in [0.1, 0.15) is 0 Å². The van der Waals surface area contributed by atoms with Crippen LogP contribution in [0.3, 0.4) is 0 Å². The standard InChI is InChI=1S/C6H4F3NO4S/c7-6(8,9)15(12,13)14-4-2-1-3-10-5(4)11/h1-3H,(H,10,11). The highest BCUT2D eigenvalue weighted by Gasteiger charge is 2.48. The molecule has 0 aliphatic carbocycles. The molecule has 0 aliphatic rings. The molecule has 1 heterocycles. The van der Waals surface area contributed by atoms with Gasteiger partial charge in [-0.05, 0) is 12.1 Å². The first-order valence-corrected chi connectivity index (χ1v) is 4.83. The highest BCUT2D eigenvalue weighted by atomic mass is 32.2. The van der Waals surface area contributed by atoms with Crippen molar-refractivity contribution in [3.05, 3.63) is 28.7 Å². The summed E-state index contributed by atoms with van der Waals surface area (Å²) >= 11 is 0. The van der Waals surface area contributed by atoms with Crippen LogP contribution in [0.4, 0.5) is 13.2 Å². The molecule has 0 atom stereocenters. The molecular weight excluding hydrogens is 239 g/mol. The van der Waals surface area contributed by atoms with Crippen molar-refractivity contribution in [1.82, 2.24) is 4.98 Å². The predicted molar refractivity (Wildman–Crippen MR) is 42.7 cm³/mol. The molecule has 0 saturated heterocycles. The highest BCUT2D eigenvalue weighted by Crippen LogP contribution is 2.25. The summed E-state index contributed by atoms with van der Waals surface area (Å²) in [6, 6.07) is 1.94. The van der Waals surface area contributed by atoms with Crippen molar-refractivity contribution in [3.63, 3.8) is 0 Å². The highest BCUT2D eigenvalue weighted by molar-refractivity contribution is 7.87. The first-order valence-electron chi connectivity index (χ1n) is 3.42. The molecule has 84 valence electrons. The SMILES string of the molecule is O=c1[nH]cccc1OS(=O)(=O)C(F)(F)F. The second kappa shape index (κ2) is 3.57. The number of aromatic amines is 1. The lowest BCUT2D eigenvalue weighted by Gasteiger charge is -2.07. The third kappa shape index (κ3) is 2.49. The van der Waals surface area contributed by atoms with E-state index < -0.39 is 26.9 Å². The van der Waals surface area contributed by atoms with E-state index in [1.54, 1.807) is 0 Å². The smallest absolute Gasteiger partial charge is 0.370 e. The molecule has 1 rings (SSSR count). The molecule has 1 aromatic heterocycles. The fourth-order valence-electron chi connectivity index (χ4n) is 0.637. The molecule has 1 aromatic rings. The molecular formula is C6H4F3NO4S. The van der Waals surface area contributed by atoms with E-state index in [0.29, 0.717) is 0 Å². The summed E-state index contributed by atoms with van der Waals surface area (Å²) in [6.45, 7) is 0. The van der Waals surface area contributed by atoms with E-state index in [2.05, 4.69) is 4.18 Å². The number of hydrogen-bond donors (Lipinski definition) is 1. The maximum Gasteiger partial charge on any atom is 0.534 e. The van der Waals surface area contributed by atoms with Gasteiger partial charge in [-0.1, -0.05) is 0 Å². The predicted octanol–water partition coefficient (Wildman–Crippen LogP) is 0.603. The normalized spacial score (nSPS) is 12.5. The Balaban J connectivity index is 3.09. The minimum atomic E-state index is -5.79. The first-order chi connectivity index (χ1) is 6.74. The van der Waals surface area contributed by atoms with Crippen LogP contribution in [0, 0.1) is 0 Å². The number of nitrogens with one attached hydrogen (secondary N) is 1. The Bertz CT molecular complexity index is 504. The van der Waals surface area contributed by atoms with Gasteiger partial charge in [-0.3, -0.25) is 4.79 Å². The van der Waals surface area contributed by atoms with E-state index in [9.17, 15) is 26.4 Å². The van der Waals surface area contributed by atoms with Gasteiger partial charge in [0, 0.05) is 6.20 Å². The Labute approximate surface area is 81.6 Å². The van der Waals surface area contributed by atoms with E-state index in [-0.39, 0.29) is 0 Å². The molecule has 15 heavy (non-hydrogen) atoms. The molecule has 0 radical (unpaired) electrons. The zero-order valence-electron chi connectivity index (χ0n) is 6.91. The van der Waals surface area contributed by atoms with Crippen LogP contribution in [0.2, 0.25) is 0 Å². The molecule has 5 nitrogen and oxygen atoms in total. The van der Waals surface area contributed by atoms with Crippen molar-refractivity contribution in [2.45, 2.75) is 5.51 Å². The molecule has 1 N–H and O–H groups in total. The Morgan fingerprint density at radius 1 is 1.33 bits per heavy atom. The molecule has 0 aromatic carbocycles. The number of halogens is 3. The van der Waals surface area contributed by atoms with E-state index in [1.807, 2.05) is 4.98 Å². The van der Waals surface area contributed by atoms with Gasteiger partial charge in [0.1, 0.15) is 0 Å². The molecule has 0 fully saturated rings. The summed E-state index contributed by atoms with van der Waals surface area (Å²) in [7, 11) is -5.79. The van der Waals surface area contributed by atoms with Gasteiger partial charge in [-0.25, -0.2) is 0 Å². The molecule has 0 bridgehead atoms. The van der Waals surface area contributed by atoms with Gasteiger partial charge in [-0.2, -0.15) is 21.6 Å². The Hall–Kier alpha value is -1.51. The van der Waals surface area contributed by atoms with Crippen LogP contribution in [0.15, 0.2) is 23.1 Å². The maximum absolute atomic E-state index is 11.8. The number of hydrogen-bond acceptors (Lipinski definition) is 4. The van der Waals surface area contributed by atoms with Gasteiger partial charge in [0.15, 0.2) is 0 Å². The largest absolute Gasteiger partial charge is 0.534 e. The Kier molecular flexibility index (Phi) is 2.75. The van der Waals surface area contributed by atoms with Crippen LogP contribution >= 0.6 is 0 Å². The lowest BCUT2D eigenvalue weighted by atomic mass is 10.5. The van der Waals surface area contributed by atoms with Crippen LogP contribution in [0.5, 0.6) is 5.75 Å². The minimum Gasteiger partial charge on any atom is -0.370 e. The number of H-pyrrole nitrogens is 1. The van der Waals surface area contributed by atoms with Gasteiger partial charge in [-0.15, -0.1) is 0 Å². The molecule has 0 unspecified atom stereocenters. The van der Waals surface area contributed by atoms with E-state index in [0.717, 1.165) is 18.3 Å². The first kappa shape index (κ1) is 11.6. The average molecular weight is 243 g/mol. The molecule has 0 spiro atoms. The summed E-state index contributed by atoms with van der Waals surface area (Å²) in [5.74, 6) is -0.935. The summed E-state index contributed by atoms with van der Waals surface area (Å²) in [5.41, 5.74) is -6.62. The molecule has 0 aliphatic heterocycles. The van der Waals surface area contributed by atoms with E-state index in [1.165, 1.54) is 0 Å². The van der Waals surface area contributed by atoms with Gasteiger partial charge in [0.2, 0.25) is 5.75 Å². The molecule has 0 saturated carbocycles. The van der Waals surface area contributed by atoms with E-state index >= 15 is 0 Å². The summed E-state index contributed by atoms with van der Waals surface area (Å²) in [5, 5.41) is 0. The second-order valence-electron chi connectivity index (χ2n) is 2.35. The van der Waals surface area contributed by atoms with Crippen molar-refractivity contribution in [2.24, 2.45) is 0 Å². The molecule has 0 amide bonds. The van der Waals surface area contributed by atoms with Crippen LogP contribution in [-0.4, -0.2) is 18.9 Å². The Morgan fingerprint density at radius 2 is 1.93 bits per heavy atom. The maximum atomic E-state index is 11.8. The van der Waals surface area contributed by atoms with Gasteiger partial charge < -0.3 is 9.17 Å². The van der Waals surface area contributed by atoms with E-state index in [4.69, 9.17) is 0 Å². The number of alkyl halides is 3. The number of rotatable bonds is 2. The summed E-state index contributed by atoms with van der Waals surface area (Å²) in [4.78, 5) is 12.8. The third-order valence-electron chi connectivity index (χ3n) is 1.27. The van der Waals surface area contributed by atoms with Crippen molar-refractivity contribution in [1.29, 1.82) is 0 Å². The van der Waals surface area contributed by atoms with Crippen LogP contribution in [-0.2, 0) is 10.1 Å². The van der Waals surface area contributed by atoms with Crippen molar-refractivity contribution in [2.75, 3.05) is 0 Å². The van der Waals surface area contributed by atoms with Crippen molar-refractivity contribution in [3.8, 4) is 5.75 Å². The fourth-order valence-corrected chi connectivity index (χ4v) is 1.10. The fraction of sp³-hybridized carbons (Fsp3) is 0.167. The average Bonchev–Trinajstić information content (AvgIpc) is 2.06. The van der Waals surface area contributed by atoms with Gasteiger partial charge >= 0.3 is 15.6 Å². The van der Waals surface area contributed by atoms with Crippen LogP contribution in [0.25, 0.3) is 0 Å². The topological polar surface area (TPSA) is 76.2 Å². The van der Waals surface area contributed by atoms with Crippen LogP contribution < -0.4 is 9.74 Å². The minimum absolute atomic E-state index is 0.808. The monoisotopic (exact) mass is 243 g/mol. The summed E-state index contributed by atoms with van der Waals surface area (Å²) < 4.78 is 60.0. The second-order valence-corrected chi connectivity index (χ2v) is 3.88. The molecule has 9 heteroatoms. The zero-order valence-corrected chi connectivity index (χ0v) is 7.72. The summed E-state index contributed by atoms with van der Waals surface area (Å²) in [6.07, 6.45) is 1.12. The third-order valence-corrected chi connectivity index (χ3v) is 2.23. The van der Waals surface area contributed by atoms with Crippen molar-refractivity contribution >= 4 is 10.1 Å².